The van der Waals surface area contributed by atoms with Crippen LogP contribution in [0.5, 0.6) is 0 Å². The van der Waals surface area contributed by atoms with Crippen LogP contribution in [0.25, 0.3) is 0 Å². The van der Waals surface area contributed by atoms with Gasteiger partial charge in [-0.2, -0.15) is 0 Å². The first-order valence-corrected chi connectivity index (χ1v) is 8.55. The molecule has 0 unspecified atom stereocenters. The Labute approximate surface area is 146 Å². The second-order valence-corrected chi connectivity index (χ2v) is 6.05. The second kappa shape index (κ2) is 8.73. The van der Waals surface area contributed by atoms with Crippen LogP contribution in [0.4, 0.5) is 4.39 Å². The number of nitrogens with one attached hydrogen (secondary N) is 1. The van der Waals surface area contributed by atoms with Gasteiger partial charge in [0.25, 0.3) is 0 Å². The summed E-state index contributed by atoms with van der Waals surface area (Å²) in [7, 11) is 0. The molecule has 0 bridgehead atoms. The summed E-state index contributed by atoms with van der Waals surface area (Å²) in [6.07, 6.45) is 6.19. The molecule has 2 heterocycles. The maximum Gasteiger partial charge on any atom is 0.241 e. The number of ether oxygens (including phenoxy) is 1. The highest BCUT2D eigenvalue weighted by Crippen LogP contribution is 2.23. The van der Waals surface area contributed by atoms with Crippen molar-refractivity contribution < 1.29 is 13.9 Å². The lowest BCUT2D eigenvalue weighted by Gasteiger charge is -2.33. The molecule has 1 aromatic carbocycles. The second-order valence-electron chi connectivity index (χ2n) is 6.05. The van der Waals surface area contributed by atoms with Crippen molar-refractivity contribution in [2.45, 2.75) is 19.0 Å². The number of aromatic nitrogens is 2. The Bertz CT molecular complexity index is 671. The topological polar surface area (TPSA) is 59.4 Å². The third kappa shape index (κ3) is 4.87. The fraction of sp³-hybridized carbons (Fsp3) is 0.444. The average Bonchev–Trinajstić information content (AvgIpc) is 3.13. The molecule has 7 heteroatoms. The van der Waals surface area contributed by atoms with Gasteiger partial charge < -0.3 is 14.6 Å². The highest BCUT2D eigenvalue weighted by Gasteiger charge is 2.29. The van der Waals surface area contributed by atoms with Gasteiger partial charge in [-0.3, -0.25) is 9.69 Å². The van der Waals surface area contributed by atoms with E-state index in [-0.39, 0.29) is 11.7 Å². The molecule has 134 valence electrons. The van der Waals surface area contributed by atoms with Gasteiger partial charge in [0.05, 0.1) is 19.5 Å². The number of aryl methyl sites for hydroxylation is 1. The third-order valence-corrected chi connectivity index (χ3v) is 4.28. The zero-order valence-corrected chi connectivity index (χ0v) is 14.1. The average molecular weight is 346 g/mol. The molecule has 0 saturated carbocycles. The van der Waals surface area contributed by atoms with Crippen LogP contribution in [0.1, 0.15) is 18.0 Å². The van der Waals surface area contributed by atoms with E-state index in [0.717, 1.165) is 13.0 Å². The smallest absolute Gasteiger partial charge is 0.241 e. The molecular weight excluding hydrogens is 323 g/mol. The van der Waals surface area contributed by atoms with E-state index >= 15 is 0 Å². The lowest BCUT2D eigenvalue weighted by Crippen LogP contribution is -2.46. The normalized spacial score (nSPS) is 16.5. The van der Waals surface area contributed by atoms with Gasteiger partial charge in [-0.15, -0.1) is 0 Å². The van der Waals surface area contributed by atoms with Crippen LogP contribution >= 0.6 is 0 Å². The number of hydrogen-bond donors (Lipinski definition) is 1. The fourth-order valence-corrected chi connectivity index (χ4v) is 3.03. The summed E-state index contributed by atoms with van der Waals surface area (Å²) in [4.78, 5) is 18.8. The number of hydrogen-bond acceptors (Lipinski definition) is 4. The molecule has 1 atom stereocenters. The van der Waals surface area contributed by atoms with E-state index in [9.17, 15) is 9.18 Å². The molecule has 1 aliphatic heterocycles. The van der Waals surface area contributed by atoms with Crippen LogP contribution in [0.2, 0.25) is 0 Å². The van der Waals surface area contributed by atoms with Crippen LogP contribution in [0.3, 0.4) is 0 Å². The van der Waals surface area contributed by atoms with Gasteiger partial charge >= 0.3 is 0 Å². The highest BCUT2D eigenvalue weighted by molar-refractivity contribution is 5.83. The van der Waals surface area contributed by atoms with Crippen molar-refractivity contribution in [3.05, 3.63) is 54.4 Å². The van der Waals surface area contributed by atoms with Crippen LogP contribution in [0, 0.1) is 5.82 Å². The number of nitrogens with zero attached hydrogens (tertiary/aromatic N) is 3. The lowest BCUT2D eigenvalue weighted by molar-refractivity contribution is -0.128. The number of morpholine rings is 1. The third-order valence-electron chi connectivity index (χ3n) is 4.28. The predicted molar refractivity (Wildman–Crippen MR) is 91.4 cm³/mol. The van der Waals surface area contributed by atoms with E-state index in [1.54, 1.807) is 24.7 Å². The molecule has 2 aromatic rings. The minimum Gasteiger partial charge on any atom is -0.379 e. The number of amides is 1. The van der Waals surface area contributed by atoms with Gasteiger partial charge in [-0.05, 0) is 24.1 Å². The standard InChI is InChI=1S/C18H23FN4O2/c19-16-4-1-3-15(13-16)17(23-9-11-25-12-10-23)18(24)21-5-2-7-22-8-6-20-14-22/h1,3-4,6,8,13-14,17H,2,5,7,9-12H2,(H,21,24)/t17-/m1/s1. The molecule has 3 rings (SSSR count). The SMILES string of the molecule is O=C(NCCCn1ccnc1)[C@@H](c1cccc(F)c1)N1CCOCC1. The zero-order valence-electron chi connectivity index (χ0n) is 14.1. The Morgan fingerprint density at radius 2 is 2.20 bits per heavy atom. The van der Waals surface area contributed by atoms with Gasteiger partial charge in [-0.1, -0.05) is 12.1 Å². The molecular formula is C18H23FN4O2. The molecule has 1 amide bonds. The Balaban J connectivity index is 1.62. The van der Waals surface area contributed by atoms with Crippen LogP contribution in [0.15, 0.2) is 43.0 Å². The molecule has 1 aliphatic rings. The first-order chi connectivity index (χ1) is 12.2. The summed E-state index contributed by atoms with van der Waals surface area (Å²) in [5, 5.41) is 2.98. The van der Waals surface area contributed by atoms with Gasteiger partial charge in [0.2, 0.25) is 5.91 Å². The number of halogens is 1. The van der Waals surface area contributed by atoms with Crippen molar-refractivity contribution in [3.8, 4) is 0 Å². The maximum atomic E-state index is 13.6. The quantitative estimate of drug-likeness (QED) is 0.774. The summed E-state index contributed by atoms with van der Waals surface area (Å²) in [5.41, 5.74) is 0.675. The Morgan fingerprint density at radius 3 is 2.92 bits per heavy atom. The van der Waals surface area contributed by atoms with Crippen LogP contribution in [-0.2, 0) is 16.1 Å². The van der Waals surface area contributed by atoms with Crippen molar-refractivity contribution >= 4 is 5.91 Å². The Kier molecular flexibility index (Phi) is 6.14. The van der Waals surface area contributed by atoms with E-state index in [2.05, 4.69) is 10.3 Å². The molecule has 0 radical (unpaired) electrons. The van der Waals surface area contributed by atoms with E-state index in [1.807, 2.05) is 15.7 Å². The number of carbonyl (C=O) groups is 1. The van der Waals surface area contributed by atoms with Crippen molar-refractivity contribution in [2.24, 2.45) is 0 Å². The molecule has 1 saturated heterocycles. The summed E-state index contributed by atoms with van der Waals surface area (Å²) in [6.45, 7) is 3.84. The first-order valence-electron chi connectivity index (χ1n) is 8.55. The monoisotopic (exact) mass is 346 g/mol. The number of imidazole rings is 1. The van der Waals surface area contributed by atoms with Crippen molar-refractivity contribution in [3.63, 3.8) is 0 Å². The summed E-state index contributed by atoms with van der Waals surface area (Å²) < 4.78 is 21.0. The largest absolute Gasteiger partial charge is 0.379 e. The minimum absolute atomic E-state index is 0.0990. The molecule has 1 N–H and O–H groups in total. The van der Waals surface area contributed by atoms with Gasteiger partial charge in [-0.25, -0.2) is 9.37 Å². The summed E-state index contributed by atoms with van der Waals surface area (Å²) in [6, 6.07) is 5.78. The van der Waals surface area contributed by atoms with E-state index in [0.29, 0.717) is 38.4 Å². The Morgan fingerprint density at radius 1 is 1.36 bits per heavy atom. The van der Waals surface area contributed by atoms with Crippen molar-refractivity contribution in [1.82, 2.24) is 19.8 Å². The number of benzene rings is 1. The van der Waals surface area contributed by atoms with Gasteiger partial charge in [0, 0.05) is 38.6 Å². The van der Waals surface area contributed by atoms with E-state index in [1.165, 1.54) is 12.1 Å². The van der Waals surface area contributed by atoms with Crippen molar-refractivity contribution in [2.75, 3.05) is 32.8 Å². The molecule has 0 spiro atoms. The fourth-order valence-electron chi connectivity index (χ4n) is 3.03. The Hall–Kier alpha value is -2.25. The van der Waals surface area contributed by atoms with E-state index in [4.69, 9.17) is 4.74 Å². The molecule has 1 aromatic heterocycles. The van der Waals surface area contributed by atoms with Crippen LogP contribution in [-0.4, -0.2) is 53.2 Å². The molecule has 1 fully saturated rings. The number of carbonyl (C=O) groups excluding carboxylic acids is 1. The summed E-state index contributed by atoms with van der Waals surface area (Å²) in [5.74, 6) is -0.429. The minimum atomic E-state index is -0.493. The zero-order chi connectivity index (χ0) is 17.5. The van der Waals surface area contributed by atoms with Gasteiger partial charge in [0.15, 0.2) is 0 Å². The van der Waals surface area contributed by atoms with E-state index < -0.39 is 6.04 Å². The molecule has 25 heavy (non-hydrogen) atoms. The van der Waals surface area contributed by atoms with Crippen LogP contribution < -0.4 is 5.32 Å². The predicted octanol–water partition coefficient (Wildman–Crippen LogP) is 1.60. The number of rotatable bonds is 7. The highest BCUT2D eigenvalue weighted by atomic mass is 19.1. The summed E-state index contributed by atoms with van der Waals surface area (Å²) >= 11 is 0. The van der Waals surface area contributed by atoms with Crippen molar-refractivity contribution in [1.29, 1.82) is 0 Å². The first kappa shape index (κ1) is 17.6. The van der Waals surface area contributed by atoms with Gasteiger partial charge in [0.1, 0.15) is 11.9 Å². The molecule has 6 nitrogen and oxygen atoms in total. The lowest BCUT2D eigenvalue weighted by atomic mass is 10.0. The maximum absolute atomic E-state index is 13.6. The molecule has 0 aliphatic carbocycles.